The molecule has 106 valence electrons. The van der Waals surface area contributed by atoms with Crippen molar-refractivity contribution in [1.82, 2.24) is 5.27 Å². The number of amides is 1. The highest BCUT2D eigenvalue weighted by Crippen LogP contribution is 2.26. The summed E-state index contributed by atoms with van der Waals surface area (Å²) >= 11 is 12.8. The Labute approximate surface area is 128 Å². The van der Waals surface area contributed by atoms with Crippen LogP contribution in [0, 0.1) is 0 Å². The van der Waals surface area contributed by atoms with Gasteiger partial charge in [-0.1, -0.05) is 27.9 Å². The Morgan fingerprint density at radius 2 is 2.30 bits per heavy atom. The Bertz CT molecular complexity index is 628. The molecule has 20 heavy (non-hydrogen) atoms. The van der Waals surface area contributed by atoms with Crippen LogP contribution in [0.25, 0.3) is 0 Å². The fourth-order valence-electron chi connectivity index (χ4n) is 1.37. The molecule has 0 atom stereocenters. The third-order valence-electron chi connectivity index (χ3n) is 2.26. The number of rotatable bonds is 4. The molecule has 0 saturated heterocycles. The molecule has 0 bridgehead atoms. The highest BCUT2D eigenvalue weighted by atomic mass is 35.5. The Balaban J connectivity index is 1.98. The van der Waals surface area contributed by atoms with E-state index in [0.29, 0.717) is 15.7 Å². The molecule has 0 aliphatic heterocycles. The second kappa shape index (κ2) is 6.34. The second-order valence-corrected chi connectivity index (χ2v) is 5.56. The van der Waals surface area contributed by atoms with E-state index in [1.54, 1.807) is 25.2 Å². The maximum atomic E-state index is 11.8. The molecular formula is C11H9Cl2N3O3S. The van der Waals surface area contributed by atoms with Crippen LogP contribution >= 0.6 is 35.0 Å². The van der Waals surface area contributed by atoms with Crippen LogP contribution in [-0.4, -0.2) is 16.9 Å². The number of carbonyl (C=O) groups is 1. The van der Waals surface area contributed by atoms with Crippen LogP contribution in [0.5, 0.6) is 5.95 Å². The number of nitrogens with zero attached hydrogens (tertiary/aromatic N) is 2. The first kappa shape index (κ1) is 15.0. The van der Waals surface area contributed by atoms with Crippen LogP contribution in [-0.2, 0) is 11.8 Å². The first-order chi connectivity index (χ1) is 9.47. The molecule has 0 unspecified atom stereocenters. The molecule has 0 saturated carbocycles. The largest absolute Gasteiger partial charge is 0.538 e. The third kappa shape index (κ3) is 3.56. The van der Waals surface area contributed by atoms with Gasteiger partial charge in [0.2, 0.25) is 5.91 Å². The van der Waals surface area contributed by atoms with Gasteiger partial charge >= 0.3 is 0 Å². The number of halogens is 2. The lowest BCUT2D eigenvalue weighted by Crippen LogP contribution is -2.32. The lowest BCUT2D eigenvalue weighted by molar-refractivity contribution is -0.772. The van der Waals surface area contributed by atoms with E-state index >= 15 is 0 Å². The number of carbonyl (C=O) groups excluding carboxylic acids is 1. The zero-order chi connectivity index (χ0) is 14.7. The quantitative estimate of drug-likeness (QED) is 0.679. The number of benzene rings is 1. The number of nitrogens with one attached hydrogen (secondary N) is 1. The number of aromatic nitrogens is 2. The van der Waals surface area contributed by atoms with Gasteiger partial charge in [-0.2, -0.15) is 0 Å². The molecule has 0 aliphatic rings. The van der Waals surface area contributed by atoms with Crippen molar-refractivity contribution < 1.29 is 19.1 Å². The van der Waals surface area contributed by atoms with Crippen LogP contribution in [0.15, 0.2) is 27.7 Å². The van der Waals surface area contributed by atoms with Crippen molar-refractivity contribution in [2.45, 2.75) is 5.03 Å². The van der Waals surface area contributed by atoms with Crippen LogP contribution in [0.4, 0.5) is 5.69 Å². The number of hydrogen-bond donors (Lipinski definition) is 1. The highest BCUT2D eigenvalue weighted by Gasteiger charge is 2.16. The summed E-state index contributed by atoms with van der Waals surface area (Å²) in [6.45, 7) is 0. The van der Waals surface area contributed by atoms with Gasteiger partial charge in [0.25, 0.3) is 5.03 Å². The minimum Gasteiger partial charge on any atom is -0.538 e. The molecule has 0 spiro atoms. The fourth-order valence-corrected chi connectivity index (χ4v) is 2.42. The molecule has 0 aliphatic carbocycles. The molecule has 0 fully saturated rings. The van der Waals surface area contributed by atoms with E-state index in [2.05, 4.69) is 15.1 Å². The molecule has 1 amide bonds. The summed E-state index contributed by atoms with van der Waals surface area (Å²) in [5.74, 6) is -0.876. The summed E-state index contributed by atoms with van der Waals surface area (Å²) in [7, 11) is 1.55. The lowest BCUT2D eigenvalue weighted by Gasteiger charge is -2.06. The van der Waals surface area contributed by atoms with Crippen molar-refractivity contribution in [1.29, 1.82) is 0 Å². The van der Waals surface area contributed by atoms with Crippen molar-refractivity contribution in [3.8, 4) is 5.95 Å². The topological polar surface area (TPSA) is 82.1 Å². The predicted octanol–water partition coefficient (Wildman–Crippen LogP) is 1.61. The third-order valence-corrected chi connectivity index (χ3v) is 3.93. The van der Waals surface area contributed by atoms with E-state index in [9.17, 15) is 9.90 Å². The number of aryl methyl sites for hydroxylation is 1. The molecule has 9 heteroatoms. The van der Waals surface area contributed by atoms with Crippen molar-refractivity contribution in [3.63, 3.8) is 0 Å². The Hall–Kier alpha value is -1.44. The second-order valence-electron chi connectivity index (χ2n) is 3.75. The predicted molar refractivity (Wildman–Crippen MR) is 72.9 cm³/mol. The van der Waals surface area contributed by atoms with Crippen molar-refractivity contribution >= 4 is 46.6 Å². The van der Waals surface area contributed by atoms with E-state index in [-0.39, 0.29) is 16.7 Å². The van der Waals surface area contributed by atoms with Crippen LogP contribution in [0.2, 0.25) is 10.0 Å². The molecule has 1 aromatic carbocycles. The zero-order valence-electron chi connectivity index (χ0n) is 10.2. The van der Waals surface area contributed by atoms with Gasteiger partial charge in [-0.15, -0.1) is 0 Å². The highest BCUT2D eigenvalue weighted by molar-refractivity contribution is 7.99. The summed E-state index contributed by atoms with van der Waals surface area (Å²) < 4.78 is 5.72. The van der Waals surface area contributed by atoms with Crippen molar-refractivity contribution in [3.05, 3.63) is 28.2 Å². The molecule has 1 N–H and O–H groups in total. The van der Waals surface area contributed by atoms with E-state index in [1.807, 2.05) is 0 Å². The fraction of sp³-hybridized carbons (Fsp3) is 0.182. The molecule has 0 radical (unpaired) electrons. The summed E-state index contributed by atoms with van der Waals surface area (Å²) in [6.07, 6.45) is 0. The normalized spacial score (nSPS) is 10.6. The van der Waals surface area contributed by atoms with Gasteiger partial charge in [-0.05, 0) is 30.0 Å². The Morgan fingerprint density at radius 1 is 1.55 bits per heavy atom. The van der Waals surface area contributed by atoms with Crippen LogP contribution < -0.4 is 15.1 Å². The summed E-state index contributed by atoms with van der Waals surface area (Å²) in [4.78, 5) is 11.8. The van der Waals surface area contributed by atoms with E-state index < -0.39 is 5.95 Å². The molecular weight excluding hydrogens is 325 g/mol. The lowest BCUT2D eigenvalue weighted by atomic mass is 10.3. The number of thioether (sulfide) groups is 1. The van der Waals surface area contributed by atoms with Crippen molar-refractivity contribution in [2.24, 2.45) is 7.05 Å². The van der Waals surface area contributed by atoms with E-state index in [0.717, 1.165) is 11.8 Å². The van der Waals surface area contributed by atoms with Gasteiger partial charge in [-0.25, -0.2) is 0 Å². The van der Waals surface area contributed by atoms with E-state index in [1.165, 1.54) is 4.68 Å². The van der Waals surface area contributed by atoms with Gasteiger partial charge < -0.3 is 14.9 Å². The molecule has 1 heterocycles. The maximum absolute atomic E-state index is 11.8. The van der Waals surface area contributed by atoms with Gasteiger partial charge in [0, 0.05) is 5.02 Å². The molecule has 2 rings (SSSR count). The SMILES string of the molecule is C[n+]1noc([O-])c1SCC(=O)Nc1cc(Cl)ccc1Cl. The minimum atomic E-state index is -0.578. The molecule has 2 aromatic rings. The first-order valence-corrected chi connectivity index (χ1v) is 7.12. The summed E-state index contributed by atoms with van der Waals surface area (Å²) in [6, 6.07) is 4.75. The Kier molecular flexibility index (Phi) is 4.74. The Morgan fingerprint density at radius 3 is 2.95 bits per heavy atom. The average Bonchev–Trinajstić information content (AvgIpc) is 2.71. The molecule has 1 aromatic heterocycles. The number of anilines is 1. The van der Waals surface area contributed by atoms with Crippen LogP contribution in [0.3, 0.4) is 0 Å². The van der Waals surface area contributed by atoms with E-state index in [4.69, 9.17) is 23.2 Å². The van der Waals surface area contributed by atoms with Gasteiger partial charge in [0.1, 0.15) is 0 Å². The van der Waals surface area contributed by atoms with Gasteiger partial charge in [0.05, 0.1) is 21.7 Å². The smallest absolute Gasteiger partial charge is 0.291 e. The van der Waals surface area contributed by atoms with Crippen molar-refractivity contribution in [2.75, 3.05) is 11.1 Å². The van der Waals surface area contributed by atoms with Crippen LogP contribution in [0.1, 0.15) is 0 Å². The summed E-state index contributed by atoms with van der Waals surface area (Å²) in [5.41, 5.74) is 0.418. The standard InChI is InChI=1S/C11H9Cl2N3O3S/c1-16-10(11(18)19-15-16)20-5-9(17)14-8-4-6(12)2-3-7(8)13/h2-4H,5H2,1H3,(H-,14,15,17,18). The molecule has 6 nitrogen and oxygen atoms in total. The zero-order valence-corrected chi connectivity index (χ0v) is 12.6. The van der Waals surface area contributed by atoms with Gasteiger partial charge in [-0.3, -0.25) is 4.79 Å². The average molecular weight is 334 g/mol. The number of hydrogen-bond acceptors (Lipinski definition) is 5. The first-order valence-electron chi connectivity index (χ1n) is 5.38. The maximum Gasteiger partial charge on any atom is 0.291 e. The van der Waals surface area contributed by atoms with Gasteiger partial charge in [0.15, 0.2) is 13.0 Å². The minimum absolute atomic E-state index is 0.0210. The summed E-state index contributed by atoms with van der Waals surface area (Å²) in [5, 5.41) is 18.4. The monoisotopic (exact) mass is 333 g/mol.